The first-order chi connectivity index (χ1) is 4.72. The predicted octanol–water partition coefficient (Wildman–Crippen LogP) is 3.68. The molecular formula is C9H13I. The van der Waals surface area contributed by atoms with E-state index in [-0.39, 0.29) is 0 Å². The largest absolute Gasteiger partial charge is 0.0995 e. The van der Waals surface area contributed by atoms with Crippen LogP contribution < -0.4 is 0 Å². The first-order valence-electron chi connectivity index (χ1n) is 3.73. The van der Waals surface area contributed by atoms with Gasteiger partial charge in [0, 0.05) is 5.92 Å². The molecule has 0 aromatic heterocycles. The maximum absolute atomic E-state index is 3.98. The Morgan fingerprint density at radius 1 is 1.80 bits per heavy atom. The molecule has 0 spiro atoms. The van der Waals surface area contributed by atoms with E-state index in [0.29, 0.717) is 5.92 Å². The van der Waals surface area contributed by atoms with Crippen LogP contribution in [0.1, 0.15) is 26.2 Å². The molecule has 1 atom stereocenters. The highest BCUT2D eigenvalue weighted by Crippen LogP contribution is 2.33. The molecule has 0 fully saturated rings. The summed E-state index contributed by atoms with van der Waals surface area (Å²) in [5.74, 6) is 0.675. The highest BCUT2D eigenvalue weighted by Gasteiger charge is 2.15. The first-order valence-corrected chi connectivity index (χ1v) is 4.80. The van der Waals surface area contributed by atoms with Gasteiger partial charge >= 0.3 is 0 Å². The van der Waals surface area contributed by atoms with Crippen molar-refractivity contribution in [3.63, 3.8) is 0 Å². The average molecular weight is 248 g/mol. The summed E-state index contributed by atoms with van der Waals surface area (Å²) in [6.45, 7) is 6.11. The second-order valence-electron chi connectivity index (χ2n) is 2.92. The van der Waals surface area contributed by atoms with Crippen molar-refractivity contribution in [1.82, 2.24) is 0 Å². The van der Waals surface area contributed by atoms with E-state index in [0.717, 1.165) is 0 Å². The van der Waals surface area contributed by atoms with Gasteiger partial charge in [-0.3, -0.25) is 0 Å². The number of hydrogen-bond acceptors (Lipinski definition) is 0. The summed E-state index contributed by atoms with van der Waals surface area (Å²) in [4.78, 5) is 0. The minimum absolute atomic E-state index is 0.675. The second kappa shape index (κ2) is 3.56. The zero-order valence-electron chi connectivity index (χ0n) is 6.36. The van der Waals surface area contributed by atoms with Crippen molar-refractivity contribution in [3.05, 3.63) is 21.8 Å². The molecule has 0 aromatic rings. The lowest BCUT2D eigenvalue weighted by Crippen LogP contribution is -2.04. The summed E-state index contributed by atoms with van der Waals surface area (Å²) in [5, 5.41) is 0. The Labute approximate surface area is 76.5 Å². The Morgan fingerprint density at radius 3 is 2.90 bits per heavy atom. The van der Waals surface area contributed by atoms with Crippen molar-refractivity contribution in [2.24, 2.45) is 5.92 Å². The predicted molar refractivity (Wildman–Crippen MR) is 54.3 cm³/mol. The van der Waals surface area contributed by atoms with Crippen molar-refractivity contribution in [2.45, 2.75) is 26.2 Å². The maximum atomic E-state index is 3.98. The summed E-state index contributed by atoms with van der Waals surface area (Å²) >= 11 is 2.43. The van der Waals surface area contributed by atoms with Crippen molar-refractivity contribution in [3.8, 4) is 0 Å². The molecule has 0 N–H and O–H groups in total. The topological polar surface area (TPSA) is 0 Å². The van der Waals surface area contributed by atoms with Crippen LogP contribution in [0, 0.1) is 5.92 Å². The van der Waals surface area contributed by atoms with E-state index in [1.54, 1.807) is 0 Å². The Balaban J connectivity index is 2.67. The molecule has 0 heterocycles. The van der Waals surface area contributed by atoms with E-state index < -0.39 is 0 Å². The third kappa shape index (κ3) is 1.84. The van der Waals surface area contributed by atoms with Crippen LogP contribution in [0.25, 0.3) is 0 Å². The molecule has 0 saturated carbocycles. The summed E-state index contributed by atoms with van der Waals surface area (Å²) in [6.07, 6.45) is 6.25. The van der Waals surface area contributed by atoms with Gasteiger partial charge in [0.05, 0.1) is 0 Å². The molecule has 0 radical (unpaired) electrons. The Hall–Kier alpha value is 0.210. The van der Waals surface area contributed by atoms with E-state index in [1.807, 2.05) is 0 Å². The van der Waals surface area contributed by atoms with Gasteiger partial charge in [-0.05, 0) is 52.4 Å². The van der Waals surface area contributed by atoms with E-state index in [9.17, 15) is 0 Å². The monoisotopic (exact) mass is 248 g/mol. The molecule has 1 rings (SSSR count). The molecule has 10 heavy (non-hydrogen) atoms. The van der Waals surface area contributed by atoms with Gasteiger partial charge in [-0.1, -0.05) is 18.2 Å². The number of allylic oxidation sites excluding steroid dienone is 3. The molecule has 0 bridgehead atoms. The molecule has 1 aliphatic carbocycles. The molecule has 0 aromatic carbocycles. The van der Waals surface area contributed by atoms with Crippen LogP contribution >= 0.6 is 22.6 Å². The fourth-order valence-electron chi connectivity index (χ4n) is 1.32. The van der Waals surface area contributed by atoms with Gasteiger partial charge < -0.3 is 0 Å². The second-order valence-corrected chi connectivity index (χ2v) is 4.16. The molecule has 0 aliphatic heterocycles. The SMILES string of the molecule is C=C(C)C1CCCC=C1I. The van der Waals surface area contributed by atoms with Crippen LogP contribution in [-0.4, -0.2) is 0 Å². The van der Waals surface area contributed by atoms with Crippen LogP contribution in [0.15, 0.2) is 21.8 Å². The Morgan fingerprint density at radius 2 is 2.50 bits per heavy atom. The van der Waals surface area contributed by atoms with E-state index >= 15 is 0 Å². The van der Waals surface area contributed by atoms with Crippen LogP contribution in [0.4, 0.5) is 0 Å². The Bertz CT molecular complexity index is 168. The van der Waals surface area contributed by atoms with E-state index in [2.05, 4.69) is 42.2 Å². The molecule has 56 valence electrons. The van der Waals surface area contributed by atoms with Gasteiger partial charge in [-0.2, -0.15) is 0 Å². The zero-order valence-corrected chi connectivity index (χ0v) is 8.52. The summed E-state index contributed by atoms with van der Waals surface area (Å²) in [7, 11) is 0. The van der Waals surface area contributed by atoms with Gasteiger partial charge in [0.1, 0.15) is 0 Å². The highest BCUT2D eigenvalue weighted by atomic mass is 127. The molecule has 0 amide bonds. The summed E-state index contributed by atoms with van der Waals surface area (Å²) in [6, 6.07) is 0. The fourth-order valence-corrected chi connectivity index (χ4v) is 2.48. The lowest BCUT2D eigenvalue weighted by atomic mass is 9.91. The lowest BCUT2D eigenvalue weighted by molar-refractivity contribution is 0.603. The summed E-state index contributed by atoms with van der Waals surface area (Å²) < 4.78 is 1.50. The van der Waals surface area contributed by atoms with Crippen LogP contribution in [0.3, 0.4) is 0 Å². The van der Waals surface area contributed by atoms with E-state index in [4.69, 9.17) is 0 Å². The fraction of sp³-hybridized carbons (Fsp3) is 0.556. The van der Waals surface area contributed by atoms with Crippen molar-refractivity contribution in [2.75, 3.05) is 0 Å². The lowest BCUT2D eigenvalue weighted by Gasteiger charge is -2.20. The smallest absolute Gasteiger partial charge is 0.00976 e. The van der Waals surface area contributed by atoms with Crippen LogP contribution in [-0.2, 0) is 0 Å². The number of halogens is 1. The normalized spacial score (nSPS) is 25.8. The van der Waals surface area contributed by atoms with Crippen molar-refractivity contribution in [1.29, 1.82) is 0 Å². The van der Waals surface area contributed by atoms with Gasteiger partial charge in [0.15, 0.2) is 0 Å². The third-order valence-electron chi connectivity index (χ3n) is 1.96. The van der Waals surface area contributed by atoms with Crippen molar-refractivity contribution < 1.29 is 0 Å². The Kier molecular flexibility index (Phi) is 2.96. The zero-order chi connectivity index (χ0) is 7.56. The third-order valence-corrected chi connectivity index (χ3v) is 3.16. The van der Waals surface area contributed by atoms with Gasteiger partial charge in [-0.25, -0.2) is 0 Å². The molecule has 0 saturated heterocycles. The van der Waals surface area contributed by atoms with Crippen LogP contribution in [0.2, 0.25) is 0 Å². The van der Waals surface area contributed by atoms with Gasteiger partial charge in [0.2, 0.25) is 0 Å². The molecule has 1 unspecified atom stereocenters. The first kappa shape index (κ1) is 8.31. The molecule has 1 aliphatic rings. The molecule has 0 nitrogen and oxygen atoms in total. The quantitative estimate of drug-likeness (QED) is 0.490. The van der Waals surface area contributed by atoms with Gasteiger partial charge in [0.25, 0.3) is 0 Å². The molecule has 1 heteroatoms. The minimum Gasteiger partial charge on any atom is -0.0995 e. The number of rotatable bonds is 1. The standard InChI is InChI=1S/C9H13I/c1-7(2)8-5-3-4-6-9(8)10/h6,8H,1,3-5H2,2H3. The van der Waals surface area contributed by atoms with E-state index in [1.165, 1.54) is 28.4 Å². The van der Waals surface area contributed by atoms with Crippen molar-refractivity contribution >= 4 is 22.6 Å². The summed E-state index contributed by atoms with van der Waals surface area (Å²) in [5.41, 5.74) is 1.32. The minimum atomic E-state index is 0.675. The van der Waals surface area contributed by atoms with Gasteiger partial charge in [-0.15, -0.1) is 0 Å². The van der Waals surface area contributed by atoms with Crippen LogP contribution in [0.5, 0.6) is 0 Å². The maximum Gasteiger partial charge on any atom is 0.00976 e. The highest BCUT2D eigenvalue weighted by molar-refractivity contribution is 14.1. The average Bonchev–Trinajstić information content (AvgIpc) is 1.88. The number of hydrogen-bond donors (Lipinski definition) is 0. The molecular weight excluding hydrogens is 235 g/mol.